The van der Waals surface area contributed by atoms with Gasteiger partial charge in [0, 0.05) is 31.2 Å². The maximum atomic E-state index is 14.3. The molecule has 1 N–H and O–H groups in total. The van der Waals surface area contributed by atoms with Crippen molar-refractivity contribution in [3.05, 3.63) is 66.1 Å². The van der Waals surface area contributed by atoms with E-state index in [-0.39, 0.29) is 4.90 Å². The normalized spacial score (nSPS) is 16.5. The number of hydrogen-bond donors (Lipinski definition) is 1. The molecule has 7 heteroatoms. The third kappa shape index (κ3) is 3.63. The van der Waals surface area contributed by atoms with Crippen LogP contribution >= 0.6 is 0 Å². The molecule has 2 aromatic carbocycles. The van der Waals surface area contributed by atoms with Crippen LogP contribution in [0.2, 0.25) is 0 Å². The number of fused-ring (bicyclic) bond motifs is 1. The molecule has 0 aliphatic carbocycles. The summed E-state index contributed by atoms with van der Waals surface area (Å²) in [4.78, 5) is 2.46. The van der Waals surface area contributed by atoms with Gasteiger partial charge in [0.25, 0.3) is 10.0 Å². The van der Waals surface area contributed by atoms with Gasteiger partial charge in [0.2, 0.25) is 0 Å². The maximum absolute atomic E-state index is 14.3. The van der Waals surface area contributed by atoms with Crippen LogP contribution in [0.4, 0.5) is 4.39 Å². The molecular weight excluding hydrogens is 365 g/mol. The first kappa shape index (κ1) is 18.2. The highest BCUT2D eigenvalue weighted by molar-refractivity contribution is 7.90. The lowest BCUT2D eigenvalue weighted by molar-refractivity contribution is 0.285. The van der Waals surface area contributed by atoms with Crippen molar-refractivity contribution in [3.63, 3.8) is 0 Å². The monoisotopic (exact) mass is 387 g/mol. The fourth-order valence-corrected chi connectivity index (χ4v) is 4.96. The second-order valence-corrected chi connectivity index (χ2v) is 8.62. The Morgan fingerprint density at radius 1 is 1.04 bits per heavy atom. The molecule has 142 valence electrons. The Kier molecular flexibility index (Phi) is 4.99. The van der Waals surface area contributed by atoms with Gasteiger partial charge in [-0.1, -0.05) is 18.2 Å². The third-order valence-corrected chi connectivity index (χ3v) is 6.65. The molecule has 0 amide bonds. The smallest absolute Gasteiger partial charge is 0.268 e. The van der Waals surface area contributed by atoms with Crippen LogP contribution in [0, 0.1) is 5.82 Å². The molecule has 3 aromatic rings. The minimum atomic E-state index is -3.77. The second-order valence-electron chi connectivity index (χ2n) is 6.81. The fraction of sp³-hybridized carbons (Fsp3) is 0.300. The lowest BCUT2D eigenvalue weighted by Gasteiger charge is -2.20. The standard InChI is InChI=1S/C20H22FN3O2S/c21-17-13-16(15-23-10-4-8-22-9-12-23)19-7-11-24(20(19)14-17)27(25,26)18-5-2-1-3-6-18/h1-3,5-7,11,13-14,22H,4,8-10,12,15H2. The number of nitrogens with zero attached hydrogens (tertiary/aromatic N) is 2. The largest absolute Gasteiger partial charge is 0.315 e. The topological polar surface area (TPSA) is 54.3 Å². The van der Waals surface area contributed by atoms with Gasteiger partial charge in [0.1, 0.15) is 5.82 Å². The molecule has 5 nitrogen and oxygen atoms in total. The number of benzene rings is 2. The SMILES string of the molecule is O=S(=O)(c1ccccc1)n1ccc2c(CN3CCCNCC3)cc(F)cc21. The van der Waals surface area contributed by atoms with Crippen molar-refractivity contribution in [3.8, 4) is 0 Å². The highest BCUT2D eigenvalue weighted by atomic mass is 32.2. The van der Waals surface area contributed by atoms with Gasteiger partial charge < -0.3 is 5.32 Å². The Morgan fingerprint density at radius 3 is 2.67 bits per heavy atom. The number of rotatable bonds is 4. The van der Waals surface area contributed by atoms with Crippen molar-refractivity contribution in [2.24, 2.45) is 0 Å². The highest BCUT2D eigenvalue weighted by Gasteiger charge is 2.21. The Hall–Kier alpha value is -2.22. The first-order valence-corrected chi connectivity index (χ1v) is 10.5. The summed E-state index contributed by atoms with van der Waals surface area (Å²) in [6.07, 6.45) is 2.56. The van der Waals surface area contributed by atoms with Crippen LogP contribution in [0.3, 0.4) is 0 Å². The van der Waals surface area contributed by atoms with Crippen LogP contribution in [-0.4, -0.2) is 43.5 Å². The first-order chi connectivity index (χ1) is 13.1. The lowest BCUT2D eigenvalue weighted by atomic mass is 10.1. The van der Waals surface area contributed by atoms with Crippen molar-refractivity contribution < 1.29 is 12.8 Å². The molecule has 1 fully saturated rings. The van der Waals surface area contributed by atoms with Crippen LogP contribution in [0.5, 0.6) is 0 Å². The molecule has 1 aliphatic rings. The van der Waals surface area contributed by atoms with Crippen molar-refractivity contribution in [2.45, 2.75) is 17.9 Å². The van der Waals surface area contributed by atoms with E-state index in [2.05, 4.69) is 10.2 Å². The molecule has 0 atom stereocenters. The molecule has 0 bridgehead atoms. The van der Waals surface area contributed by atoms with Crippen molar-refractivity contribution >= 4 is 20.9 Å². The van der Waals surface area contributed by atoms with Crippen LogP contribution < -0.4 is 5.32 Å². The van der Waals surface area contributed by atoms with E-state index < -0.39 is 15.8 Å². The molecule has 1 aromatic heterocycles. The van der Waals surface area contributed by atoms with Gasteiger partial charge in [0.15, 0.2) is 0 Å². The Labute approximate surface area is 158 Å². The van der Waals surface area contributed by atoms with Gasteiger partial charge in [-0.2, -0.15) is 0 Å². The van der Waals surface area contributed by atoms with Gasteiger partial charge >= 0.3 is 0 Å². The molecule has 0 unspecified atom stereocenters. The average molecular weight is 387 g/mol. The minimum Gasteiger partial charge on any atom is -0.315 e. The van der Waals surface area contributed by atoms with Crippen molar-refractivity contribution in [2.75, 3.05) is 26.2 Å². The third-order valence-electron chi connectivity index (χ3n) is 4.95. The Morgan fingerprint density at radius 2 is 1.85 bits per heavy atom. The number of aromatic nitrogens is 1. The summed E-state index contributed by atoms with van der Waals surface area (Å²) in [5, 5.41) is 4.13. The fourth-order valence-electron chi connectivity index (χ4n) is 3.60. The second kappa shape index (κ2) is 7.42. The van der Waals surface area contributed by atoms with Crippen LogP contribution in [0.1, 0.15) is 12.0 Å². The highest BCUT2D eigenvalue weighted by Crippen LogP contribution is 2.27. The molecular formula is C20H22FN3O2S. The van der Waals surface area contributed by atoms with E-state index in [0.29, 0.717) is 12.1 Å². The van der Waals surface area contributed by atoms with Gasteiger partial charge in [-0.25, -0.2) is 16.8 Å². The summed E-state index contributed by atoms with van der Waals surface area (Å²) in [6.45, 7) is 4.32. The summed E-state index contributed by atoms with van der Waals surface area (Å²) in [5.74, 6) is -0.423. The number of halogens is 1. The zero-order valence-corrected chi connectivity index (χ0v) is 15.8. The predicted molar refractivity (Wildman–Crippen MR) is 104 cm³/mol. The van der Waals surface area contributed by atoms with Gasteiger partial charge in [-0.3, -0.25) is 4.90 Å². The van der Waals surface area contributed by atoms with Gasteiger partial charge in [0.05, 0.1) is 10.4 Å². The zero-order valence-electron chi connectivity index (χ0n) is 14.9. The van der Waals surface area contributed by atoms with Crippen LogP contribution in [0.25, 0.3) is 10.9 Å². The van der Waals surface area contributed by atoms with E-state index in [1.165, 1.54) is 22.3 Å². The molecule has 0 saturated carbocycles. The van der Waals surface area contributed by atoms with Gasteiger partial charge in [-0.05, 0) is 55.4 Å². The number of nitrogens with one attached hydrogen (secondary N) is 1. The van der Waals surface area contributed by atoms with E-state index in [9.17, 15) is 12.8 Å². The summed E-state index contributed by atoms with van der Waals surface area (Å²) in [5.41, 5.74) is 1.19. The summed E-state index contributed by atoms with van der Waals surface area (Å²) in [7, 11) is -3.77. The van der Waals surface area contributed by atoms with Crippen molar-refractivity contribution in [1.29, 1.82) is 0 Å². The summed E-state index contributed by atoms with van der Waals surface area (Å²) < 4.78 is 41.5. The molecule has 27 heavy (non-hydrogen) atoms. The molecule has 0 spiro atoms. The van der Waals surface area contributed by atoms with Crippen molar-refractivity contribution in [1.82, 2.24) is 14.2 Å². The molecule has 4 rings (SSSR count). The summed E-state index contributed by atoms with van der Waals surface area (Å²) in [6, 6.07) is 12.8. The van der Waals surface area contributed by atoms with Crippen LogP contribution in [-0.2, 0) is 16.6 Å². The number of hydrogen-bond acceptors (Lipinski definition) is 4. The molecule has 2 heterocycles. The van der Waals surface area contributed by atoms with E-state index in [1.54, 1.807) is 36.4 Å². The average Bonchev–Trinajstić information content (AvgIpc) is 2.93. The molecule has 1 saturated heterocycles. The summed E-state index contributed by atoms with van der Waals surface area (Å²) >= 11 is 0. The maximum Gasteiger partial charge on any atom is 0.268 e. The minimum absolute atomic E-state index is 0.187. The molecule has 1 aliphatic heterocycles. The predicted octanol–water partition coefficient (Wildman–Crippen LogP) is 2.81. The first-order valence-electron chi connectivity index (χ1n) is 9.09. The van der Waals surface area contributed by atoms with E-state index in [4.69, 9.17) is 0 Å². The molecule has 0 radical (unpaired) electrons. The Bertz CT molecular complexity index is 1040. The quantitative estimate of drug-likeness (QED) is 0.748. The zero-order chi connectivity index (χ0) is 18.9. The van der Waals surface area contributed by atoms with E-state index in [1.807, 2.05) is 0 Å². The van der Waals surface area contributed by atoms with E-state index >= 15 is 0 Å². The van der Waals surface area contributed by atoms with E-state index in [0.717, 1.165) is 43.5 Å². The van der Waals surface area contributed by atoms with Crippen LogP contribution in [0.15, 0.2) is 59.6 Å². The van der Waals surface area contributed by atoms with Gasteiger partial charge in [-0.15, -0.1) is 0 Å². The Balaban J connectivity index is 1.76. The lowest BCUT2D eigenvalue weighted by Crippen LogP contribution is -2.27.